The predicted octanol–water partition coefficient (Wildman–Crippen LogP) is 2.43. The van der Waals surface area contributed by atoms with Crippen molar-refractivity contribution in [2.75, 3.05) is 0 Å². The topological polar surface area (TPSA) is 111 Å². The predicted molar refractivity (Wildman–Crippen MR) is 123 cm³/mol. The summed E-state index contributed by atoms with van der Waals surface area (Å²) in [6, 6.07) is 16.8. The van der Waals surface area contributed by atoms with Crippen LogP contribution in [0.4, 0.5) is 0 Å². The molecule has 2 aromatic heterocycles. The number of aryl methyl sites for hydroxylation is 2. The van der Waals surface area contributed by atoms with Crippen LogP contribution in [-0.2, 0) is 22.6 Å². The lowest BCUT2D eigenvalue weighted by molar-refractivity contribution is -0.127. The quantitative estimate of drug-likeness (QED) is 0.270. The van der Waals surface area contributed by atoms with E-state index in [9.17, 15) is 14.4 Å². The second-order valence-corrected chi connectivity index (χ2v) is 7.58. The number of Topliss-reactive ketones (excluding diaryl/α,β-unsaturated/α-hetero) is 1. The second kappa shape index (κ2) is 9.07. The van der Waals surface area contributed by atoms with E-state index < -0.39 is 17.6 Å². The fourth-order valence-electron chi connectivity index (χ4n) is 3.84. The van der Waals surface area contributed by atoms with E-state index in [4.69, 9.17) is 0 Å². The van der Waals surface area contributed by atoms with Gasteiger partial charge in [0, 0.05) is 6.42 Å². The van der Waals surface area contributed by atoms with Gasteiger partial charge in [-0.05, 0) is 38.1 Å². The van der Waals surface area contributed by atoms with E-state index in [0.717, 1.165) is 22.5 Å². The monoisotopic (exact) mass is 444 g/mol. The number of ketones is 1. The van der Waals surface area contributed by atoms with Gasteiger partial charge < -0.3 is 4.57 Å². The number of imidazole rings is 1. The smallest absolute Gasteiger partial charge is 0.310 e. The zero-order chi connectivity index (χ0) is 23.5. The fraction of sp³-hybridized carbons (Fsp3) is 0.208. The molecule has 2 N–H and O–H groups in total. The van der Waals surface area contributed by atoms with Crippen molar-refractivity contribution in [3.63, 3.8) is 0 Å². The number of carbonyl (C=O) groups is 3. The highest BCUT2D eigenvalue weighted by Gasteiger charge is 2.25. The Bertz CT molecular complexity index is 1350. The van der Waals surface area contributed by atoms with Gasteiger partial charge in [0.1, 0.15) is 12.4 Å². The third-order valence-electron chi connectivity index (χ3n) is 5.39. The van der Waals surface area contributed by atoms with Gasteiger partial charge in [-0.2, -0.15) is 5.10 Å². The molecule has 0 unspecified atom stereocenters. The Labute approximate surface area is 190 Å². The number of fused-ring (bicyclic) bond motifs is 1. The first kappa shape index (κ1) is 21.9. The van der Waals surface area contributed by atoms with Crippen LogP contribution in [0.2, 0.25) is 0 Å². The van der Waals surface area contributed by atoms with Crippen molar-refractivity contribution in [2.45, 2.75) is 33.7 Å². The number of rotatable bonds is 6. The summed E-state index contributed by atoms with van der Waals surface area (Å²) >= 11 is 0. The number of aromatic nitrogens is 4. The summed E-state index contributed by atoms with van der Waals surface area (Å²) < 4.78 is 3.40. The highest BCUT2D eigenvalue weighted by molar-refractivity contribution is 6.43. The largest absolute Gasteiger partial charge is 0.318 e. The number of hydrogen-bond donors (Lipinski definition) is 2. The van der Waals surface area contributed by atoms with Crippen LogP contribution in [0.15, 0.2) is 54.6 Å². The van der Waals surface area contributed by atoms with Gasteiger partial charge in [0.2, 0.25) is 0 Å². The van der Waals surface area contributed by atoms with Crippen LogP contribution in [0.3, 0.4) is 0 Å². The molecular weight excluding hydrogens is 420 g/mol. The number of nitrogens with zero attached hydrogens (tertiary/aromatic N) is 4. The molecule has 9 nitrogen and oxygen atoms in total. The van der Waals surface area contributed by atoms with E-state index in [1.54, 1.807) is 23.1 Å². The normalized spacial score (nSPS) is 10.9. The summed E-state index contributed by atoms with van der Waals surface area (Å²) in [5, 5.41) is 4.40. The molecule has 0 spiro atoms. The average Bonchev–Trinajstić information content (AvgIpc) is 3.33. The lowest BCUT2D eigenvalue weighted by atomic mass is 10.1. The average molecular weight is 444 g/mol. The van der Waals surface area contributed by atoms with Crippen molar-refractivity contribution < 1.29 is 14.4 Å². The van der Waals surface area contributed by atoms with Crippen molar-refractivity contribution in [1.82, 2.24) is 30.2 Å². The van der Waals surface area contributed by atoms with Gasteiger partial charge in [0.25, 0.3) is 11.7 Å². The van der Waals surface area contributed by atoms with Gasteiger partial charge in [-0.1, -0.05) is 37.3 Å². The summed E-state index contributed by atoms with van der Waals surface area (Å²) in [6.07, 6.45) is 0.650. The Morgan fingerprint density at radius 3 is 2.36 bits per heavy atom. The third-order valence-corrected chi connectivity index (χ3v) is 5.39. The standard InChI is InChI=1S/C24H24N6O3/c1-4-20-25-18-12-8-9-13-19(18)29(20)14-21(31)26-27-24(33)23(32)22-15(2)28-30(16(22)3)17-10-6-5-7-11-17/h5-13H,4,14H2,1-3H3,(H,26,31)(H,27,33). The number of carbonyl (C=O) groups excluding carboxylic acids is 3. The van der Waals surface area contributed by atoms with Crippen LogP contribution < -0.4 is 10.9 Å². The second-order valence-electron chi connectivity index (χ2n) is 7.58. The maximum absolute atomic E-state index is 12.8. The summed E-state index contributed by atoms with van der Waals surface area (Å²) in [6.45, 7) is 5.31. The molecule has 2 aromatic carbocycles. The first-order chi connectivity index (χ1) is 15.9. The SMILES string of the molecule is CCc1nc2ccccc2n1CC(=O)NNC(=O)C(=O)c1c(C)nn(-c2ccccc2)c1C. The van der Waals surface area contributed by atoms with Crippen LogP contribution >= 0.6 is 0 Å². The summed E-state index contributed by atoms with van der Waals surface area (Å²) in [5.74, 6) is -1.42. The third kappa shape index (κ3) is 4.25. The van der Waals surface area contributed by atoms with Crippen molar-refractivity contribution in [2.24, 2.45) is 0 Å². The minimum atomic E-state index is -0.937. The molecule has 0 bridgehead atoms. The summed E-state index contributed by atoms with van der Waals surface area (Å²) in [4.78, 5) is 42.3. The van der Waals surface area contributed by atoms with Crippen molar-refractivity contribution in [1.29, 1.82) is 0 Å². The maximum Gasteiger partial charge on any atom is 0.310 e. The van der Waals surface area contributed by atoms with Crippen LogP contribution in [0.5, 0.6) is 0 Å². The van der Waals surface area contributed by atoms with Crippen molar-refractivity contribution in [3.8, 4) is 5.69 Å². The molecule has 33 heavy (non-hydrogen) atoms. The van der Waals surface area contributed by atoms with Gasteiger partial charge in [0.15, 0.2) is 0 Å². The first-order valence-electron chi connectivity index (χ1n) is 10.6. The summed E-state index contributed by atoms with van der Waals surface area (Å²) in [5.41, 5.74) is 8.14. The van der Waals surface area contributed by atoms with E-state index in [-0.39, 0.29) is 12.1 Å². The molecule has 0 atom stereocenters. The molecule has 0 aliphatic heterocycles. The molecule has 2 heterocycles. The van der Waals surface area contributed by atoms with Crippen LogP contribution in [0.1, 0.15) is 34.5 Å². The maximum atomic E-state index is 12.8. The molecule has 4 rings (SSSR count). The molecule has 0 aliphatic carbocycles. The molecule has 0 fully saturated rings. The van der Waals surface area contributed by atoms with Gasteiger partial charge >= 0.3 is 5.91 Å². The molecule has 0 aliphatic rings. The lowest BCUT2D eigenvalue weighted by Crippen LogP contribution is -2.46. The van der Waals surface area contributed by atoms with Crippen LogP contribution in [0.25, 0.3) is 16.7 Å². The molecule has 9 heteroatoms. The molecule has 0 saturated carbocycles. The Balaban J connectivity index is 1.45. The number of amides is 2. The van der Waals surface area contributed by atoms with E-state index in [2.05, 4.69) is 20.9 Å². The molecule has 168 valence electrons. The Morgan fingerprint density at radius 2 is 1.64 bits per heavy atom. The van der Waals surface area contributed by atoms with Gasteiger partial charge in [-0.25, -0.2) is 9.67 Å². The van der Waals surface area contributed by atoms with Gasteiger partial charge in [0.05, 0.1) is 33.7 Å². The van der Waals surface area contributed by atoms with E-state index in [1.807, 2.05) is 61.5 Å². The van der Waals surface area contributed by atoms with Crippen molar-refractivity contribution in [3.05, 3.63) is 77.4 Å². The molecule has 2 amide bonds. The van der Waals surface area contributed by atoms with Crippen LogP contribution in [-0.4, -0.2) is 36.9 Å². The molecule has 0 saturated heterocycles. The van der Waals surface area contributed by atoms with E-state index in [1.165, 1.54) is 0 Å². The highest BCUT2D eigenvalue weighted by atomic mass is 16.2. The molecule has 0 radical (unpaired) electrons. The van der Waals surface area contributed by atoms with Crippen molar-refractivity contribution >= 4 is 28.6 Å². The number of para-hydroxylation sites is 3. The number of benzene rings is 2. The van der Waals surface area contributed by atoms with Gasteiger partial charge in [-0.15, -0.1) is 0 Å². The Morgan fingerprint density at radius 1 is 0.939 bits per heavy atom. The summed E-state index contributed by atoms with van der Waals surface area (Å²) in [7, 11) is 0. The van der Waals surface area contributed by atoms with Gasteiger partial charge in [-0.3, -0.25) is 25.2 Å². The minimum Gasteiger partial charge on any atom is -0.318 e. The molecule has 4 aromatic rings. The highest BCUT2D eigenvalue weighted by Crippen LogP contribution is 2.19. The zero-order valence-corrected chi connectivity index (χ0v) is 18.6. The van der Waals surface area contributed by atoms with E-state index >= 15 is 0 Å². The lowest BCUT2D eigenvalue weighted by Gasteiger charge is -2.10. The number of hydrogen-bond acceptors (Lipinski definition) is 5. The van der Waals surface area contributed by atoms with E-state index in [0.29, 0.717) is 17.8 Å². The first-order valence-corrected chi connectivity index (χ1v) is 10.6. The Hall–Kier alpha value is -4.27. The van der Waals surface area contributed by atoms with Crippen LogP contribution in [0, 0.1) is 13.8 Å². The number of nitrogens with one attached hydrogen (secondary N) is 2. The minimum absolute atomic E-state index is 0.0395. The Kier molecular flexibility index (Phi) is 6.03. The molecular formula is C24H24N6O3. The fourth-order valence-corrected chi connectivity index (χ4v) is 3.84. The zero-order valence-electron chi connectivity index (χ0n) is 18.6. The number of hydrazine groups is 1.